The van der Waals surface area contributed by atoms with Gasteiger partial charge in [-0.25, -0.2) is 4.68 Å². The molecule has 8 heteroatoms. The van der Waals surface area contributed by atoms with E-state index in [1.165, 1.54) is 17.3 Å². The number of nitrogens with zero attached hydrogens (tertiary/aromatic N) is 4. The second kappa shape index (κ2) is 10.0. The van der Waals surface area contributed by atoms with Gasteiger partial charge < -0.3 is 5.32 Å². The Morgan fingerprint density at radius 1 is 1.06 bits per heavy atom. The SMILES string of the molecule is Cc1nn(-c2ccccc2)c2c1N(CC(=O)NC1CCN(Cc3ccccc3)CC1)C(=O)CS2. The van der Waals surface area contributed by atoms with Crippen LogP contribution in [0.15, 0.2) is 65.7 Å². The molecule has 3 heterocycles. The first-order valence-corrected chi connectivity index (χ1v) is 12.7. The molecule has 0 saturated carbocycles. The van der Waals surface area contributed by atoms with E-state index in [9.17, 15) is 9.59 Å². The number of para-hydroxylation sites is 1. The lowest BCUT2D eigenvalue weighted by Crippen LogP contribution is -2.49. The van der Waals surface area contributed by atoms with Crippen LogP contribution in [0.2, 0.25) is 0 Å². The van der Waals surface area contributed by atoms with Crippen molar-refractivity contribution < 1.29 is 9.59 Å². The zero-order valence-corrected chi connectivity index (χ0v) is 20.1. The summed E-state index contributed by atoms with van der Waals surface area (Å²) in [4.78, 5) is 29.8. The summed E-state index contributed by atoms with van der Waals surface area (Å²) in [6, 6.07) is 20.5. The van der Waals surface area contributed by atoms with Gasteiger partial charge in [-0.05, 0) is 37.5 Å². The molecule has 0 bridgehead atoms. The normalized spacial score (nSPS) is 17.0. The fraction of sp³-hybridized carbons (Fsp3) is 0.346. The molecule has 3 aromatic rings. The Kier molecular flexibility index (Phi) is 6.69. The van der Waals surface area contributed by atoms with Crippen molar-refractivity contribution in [1.82, 2.24) is 20.0 Å². The predicted octanol–water partition coefficient (Wildman–Crippen LogP) is 3.40. The Morgan fingerprint density at radius 3 is 2.44 bits per heavy atom. The van der Waals surface area contributed by atoms with Crippen LogP contribution in [-0.4, -0.2) is 57.9 Å². The highest BCUT2D eigenvalue weighted by molar-refractivity contribution is 8.00. The molecule has 176 valence electrons. The lowest BCUT2D eigenvalue weighted by atomic mass is 10.0. The maximum Gasteiger partial charge on any atom is 0.240 e. The molecule has 2 amide bonds. The van der Waals surface area contributed by atoms with Crippen LogP contribution in [0.25, 0.3) is 5.69 Å². The highest BCUT2D eigenvalue weighted by Gasteiger charge is 2.33. The summed E-state index contributed by atoms with van der Waals surface area (Å²) < 4.78 is 1.87. The van der Waals surface area contributed by atoms with E-state index in [1.54, 1.807) is 4.90 Å². The van der Waals surface area contributed by atoms with E-state index in [4.69, 9.17) is 0 Å². The van der Waals surface area contributed by atoms with E-state index < -0.39 is 0 Å². The van der Waals surface area contributed by atoms with Gasteiger partial charge in [0.1, 0.15) is 11.6 Å². The van der Waals surface area contributed by atoms with Crippen LogP contribution in [0, 0.1) is 6.92 Å². The third-order valence-electron chi connectivity index (χ3n) is 6.40. The van der Waals surface area contributed by atoms with Crippen LogP contribution >= 0.6 is 11.8 Å². The van der Waals surface area contributed by atoms with Crippen molar-refractivity contribution in [3.8, 4) is 5.69 Å². The van der Waals surface area contributed by atoms with Gasteiger partial charge in [-0.3, -0.25) is 19.4 Å². The zero-order valence-electron chi connectivity index (χ0n) is 19.3. The molecule has 1 saturated heterocycles. The average Bonchev–Trinajstić information content (AvgIpc) is 3.20. The minimum atomic E-state index is -0.112. The van der Waals surface area contributed by atoms with E-state index in [0.717, 1.165) is 54.6 Å². The lowest BCUT2D eigenvalue weighted by molar-refractivity contribution is -0.123. The highest BCUT2D eigenvalue weighted by atomic mass is 32.2. The van der Waals surface area contributed by atoms with Gasteiger partial charge in [-0.15, -0.1) is 0 Å². The number of nitrogens with one attached hydrogen (secondary N) is 1. The third-order valence-corrected chi connectivity index (χ3v) is 7.43. The van der Waals surface area contributed by atoms with Gasteiger partial charge in [0.15, 0.2) is 0 Å². The fourth-order valence-corrected chi connectivity index (χ4v) is 5.76. The molecular weight excluding hydrogens is 446 g/mol. The first-order valence-electron chi connectivity index (χ1n) is 11.7. The van der Waals surface area contributed by atoms with E-state index in [-0.39, 0.29) is 24.4 Å². The number of thioether (sulfide) groups is 1. The number of likely N-dealkylation sites (tertiary alicyclic amines) is 1. The van der Waals surface area contributed by atoms with Gasteiger partial charge in [0.25, 0.3) is 0 Å². The number of piperidine rings is 1. The number of hydrogen-bond donors (Lipinski definition) is 1. The number of carbonyl (C=O) groups is 2. The number of amides is 2. The molecule has 0 unspecified atom stereocenters. The molecule has 2 aromatic carbocycles. The second-order valence-electron chi connectivity index (χ2n) is 8.86. The molecule has 0 atom stereocenters. The Bertz CT molecular complexity index is 1160. The molecule has 1 aromatic heterocycles. The summed E-state index contributed by atoms with van der Waals surface area (Å²) in [5.41, 5.74) is 3.76. The van der Waals surface area contributed by atoms with Crippen molar-refractivity contribution in [3.05, 3.63) is 71.9 Å². The standard InChI is InChI=1S/C26H29N5O2S/c1-19-25-26(31(28-19)22-10-6-3-7-11-22)34-18-24(33)30(25)17-23(32)27-21-12-14-29(15-13-21)16-20-8-4-2-5-9-20/h2-11,21H,12-18H2,1H3,(H,27,32). The number of carbonyl (C=O) groups excluding carboxylic acids is 2. The van der Waals surface area contributed by atoms with Crippen molar-refractivity contribution in [2.45, 2.75) is 37.4 Å². The average molecular weight is 476 g/mol. The van der Waals surface area contributed by atoms with E-state index in [1.807, 2.05) is 48.0 Å². The van der Waals surface area contributed by atoms with Crippen molar-refractivity contribution >= 4 is 29.3 Å². The summed E-state index contributed by atoms with van der Waals surface area (Å²) in [5.74, 6) is 0.136. The van der Waals surface area contributed by atoms with Crippen LogP contribution in [-0.2, 0) is 16.1 Å². The summed E-state index contributed by atoms with van der Waals surface area (Å²) in [7, 11) is 0. The van der Waals surface area contributed by atoms with Crippen molar-refractivity contribution in [3.63, 3.8) is 0 Å². The van der Waals surface area contributed by atoms with Crippen LogP contribution in [0.4, 0.5) is 5.69 Å². The summed E-state index contributed by atoms with van der Waals surface area (Å²) in [6.45, 7) is 4.76. The Hall–Kier alpha value is -3.10. The van der Waals surface area contributed by atoms with Crippen LogP contribution in [0.1, 0.15) is 24.1 Å². The van der Waals surface area contributed by atoms with Gasteiger partial charge in [0.2, 0.25) is 11.8 Å². The van der Waals surface area contributed by atoms with Crippen LogP contribution in [0.5, 0.6) is 0 Å². The number of hydrogen-bond acceptors (Lipinski definition) is 5. The Labute approximate surface area is 204 Å². The van der Waals surface area contributed by atoms with Crippen molar-refractivity contribution in [2.24, 2.45) is 0 Å². The number of anilines is 1. The Balaban J connectivity index is 1.21. The number of benzene rings is 2. The molecule has 1 N–H and O–H groups in total. The summed E-state index contributed by atoms with van der Waals surface area (Å²) in [5, 5.41) is 8.75. The number of aromatic nitrogens is 2. The largest absolute Gasteiger partial charge is 0.352 e. The topological polar surface area (TPSA) is 70.5 Å². The second-order valence-corrected chi connectivity index (χ2v) is 9.82. The third kappa shape index (κ3) is 4.88. The quantitative estimate of drug-likeness (QED) is 0.592. The van der Waals surface area contributed by atoms with Gasteiger partial charge in [0, 0.05) is 25.7 Å². The van der Waals surface area contributed by atoms with E-state index in [2.05, 4.69) is 39.6 Å². The van der Waals surface area contributed by atoms with Gasteiger partial charge in [-0.2, -0.15) is 5.10 Å². The smallest absolute Gasteiger partial charge is 0.240 e. The number of rotatable bonds is 6. The van der Waals surface area contributed by atoms with Gasteiger partial charge in [-0.1, -0.05) is 60.3 Å². The highest BCUT2D eigenvalue weighted by Crippen LogP contribution is 2.39. The minimum absolute atomic E-state index is 0.0257. The van der Waals surface area contributed by atoms with Gasteiger partial charge in [0.05, 0.1) is 22.8 Å². The zero-order chi connectivity index (χ0) is 23.5. The molecule has 0 aliphatic carbocycles. The van der Waals surface area contributed by atoms with Gasteiger partial charge >= 0.3 is 0 Å². The lowest BCUT2D eigenvalue weighted by Gasteiger charge is -2.33. The fourth-order valence-electron chi connectivity index (χ4n) is 4.68. The van der Waals surface area contributed by atoms with E-state index >= 15 is 0 Å². The predicted molar refractivity (Wildman–Crippen MR) is 134 cm³/mol. The van der Waals surface area contributed by atoms with E-state index in [0.29, 0.717) is 5.75 Å². The summed E-state index contributed by atoms with van der Waals surface area (Å²) in [6.07, 6.45) is 1.83. The Morgan fingerprint density at radius 2 is 1.74 bits per heavy atom. The number of fused-ring (bicyclic) bond motifs is 1. The molecule has 2 aliphatic heterocycles. The molecule has 1 fully saturated rings. The maximum atomic E-state index is 12.9. The van der Waals surface area contributed by atoms with Crippen LogP contribution in [0.3, 0.4) is 0 Å². The molecular formula is C26H29N5O2S. The minimum Gasteiger partial charge on any atom is -0.352 e. The van der Waals surface area contributed by atoms with Crippen LogP contribution < -0.4 is 10.2 Å². The molecule has 0 spiro atoms. The first kappa shape index (κ1) is 22.7. The molecule has 7 nitrogen and oxygen atoms in total. The molecule has 34 heavy (non-hydrogen) atoms. The maximum absolute atomic E-state index is 12.9. The number of aryl methyl sites for hydroxylation is 1. The monoisotopic (exact) mass is 475 g/mol. The summed E-state index contributed by atoms with van der Waals surface area (Å²) >= 11 is 1.48. The molecule has 0 radical (unpaired) electrons. The van der Waals surface area contributed by atoms with Crippen molar-refractivity contribution in [1.29, 1.82) is 0 Å². The molecule has 2 aliphatic rings. The molecule has 5 rings (SSSR count). The first-order chi connectivity index (χ1) is 16.6. The van der Waals surface area contributed by atoms with Crippen molar-refractivity contribution in [2.75, 3.05) is 30.3 Å².